The molecule has 2 aromatic carbocycles. The molecule has 26 heavy (non-hydrogen) atoms. The highest BCUT2D eigenvalue weighted by atomic mass is 16.6. The molecule has 1 saturated heterocycles. The third kappa shape index (κ3) is 3.49. The Morgan fingerprint density at radius 3 is 2.42 bits per heavy atom. The second kappa shape index (κ2) is 7.23. The van der Waals surface area contributed by atoms with E-state index < -0.39 is 4.92 Å². The summed E-state index contributed by atoms with van der Waals surface area (Å²) in [6, 6.07) is 13.8. The molecule has 132 valence electrons. The number of carbonyl (C=O) groups excluding carboxylic acids is 1. The molecule has 0 aromatic heterocycles. The molecule has 0 aliphatic carbocycles. The van der Waals surface area contributed by atoms with Crippen LogP contribution in [0, 0.1) is 21.4 Å². The van der Waals surface area contributed by atoms with E-state index in [1.807, 2.05) is 6.07 Å². The van der Waals surface area contributed by atoms with Crippen LogP contribution in [0.15, 0.2) is 42.5 Å². The van der Waals surface area contributed by atoms with E-state index in [4.69, 9.17) is 5.26 Å². The fraction of sp³-hybridized carbons (Fsp3) is 0.263. The van der Waals surface area contributed by atoms with Crippen molar-refractivity contribution in [1.82, 2.24) is 0 Å². The Bertz CT molecular complexity index is 896. The summed E-state index contributed by atoms with van der Waals surface area (Å²) in [5, 5.41) is 20.1. The van der Waals surface area contributed by atoms with E-state index in [9.17, 15) is 14.9 Å². The number of nitro groups is 1. The van der Waals surface area contributed by atoms with Crippen LogP contribution in [0.2, 0.25) is 0 Å². The predicted octanol–water partition coefficient (Wildman–Crippen LogP) is 3.00. The number of Topliss-reactive ketones (excluding diaryl/α,β-unsaturated/α-hetero) is 1. The summed E-state index contributed by atoms with van der Waals surface area (Å²) in [6.07, 6.45) is 0. The number of rotatable bonds is 4. The molecule has 0 radical (unpaired) electrons. The third-order valence-corrected chi connectivity index (χ3v) is 4.53. The number of benzene rings is 2. The van der Waals surface area contributed by atoms with Crippen LogP contribution in [0.25, 0.3) is 0 Å². The van der Waals surface area contributed by atoms with Crippen LogP contribution >= 0.6 is 0 Å². The van der Waals surface area contributed by atoms with Crippen LogP contribution in [-0.2, 0) is 0 Å². The summed E-state index contributed by atoms with van der Waals surface area (Å²) in [6.45, 7) is 4.20. The Labute approximate surface area is 151 Å². The maximum atomic E-state index is 11.9. The van der Waals surface area contributed by atoms with Gasteiger partial charge in [0, 0.05) is 55.2 Å². The summed E-state index contributed by atoms with van der Waals surface area (Å²) in [4.78, 5) is 26.6. The lowest BCUT2D eigenvalue weighted by Gasteiger charge is -2.38. The first-order valence-corrected chi connectivity index (χ1v) is 8.29. The van der Waals surface area contributed by atoms with Gasteiger partial charge in [-0.05, 0) is 31.2 Å². The van der Waals surface area contributed by atoms with Crippen molar-refractivity contribution < 1.29 is 9.72 Å². The van der Waals surface area contributed by atoms with E-state index in [1.165, 1.54) is 13.0 Å². The second-order valence-electron chi connectivity index (χ2n) is 6.15. The molecule has 0 bridgehead atoms. The second-order valence-corrected chi connectivity index (χ2v) is 6.15. The Kier molecular flexibility index (Phi) is 4.85. The van der Waals surface area contributed by atoms with Gasteiger partial charge in [0.2, 0.25) is 0 Å². The Morgan fingerprint density at radius 2 is 1.81 bits per heavy atom. The maximum absolute atomic E-state index is 11.9. The van der Waals surface area contributed by atoms with Gasteiger partial charge in [-0.2, -0.15) is 5.26 Å². The first-order valence-electron chi connectivity index (χ1n) is 8.29. The third-order valence-electron chi connectivity index (χ3n) is 4.53. The number of carbonyl (C=O) groups is 1. The van der Waals surface area contributed by atoms with Crippen molar-refractivity contribution in [1.29, 1.82) is 5.26 Å². The van der Waals surface area contributed by atoms with Crippen molar-refractivity contribution in [3.8, 4) is 6.07 Å². The molecule has 0 spiro atoms. The van der Waals surface area contributed by atoms with E-state index in [-0.39, 0.29) is 11.5 Å². The molecule has 7 nitrogen and oxygen atoms in total. The van der Waals surface area contributed by atoms with Crippen molar-refractivity contribution in [2.75, 3.05) is 36.0 Å². The average molecular weight is 350 g/mol. The van der Waals surface area contributed by atoms with E-state index >= 15 is 0 Å². The minimum Gasteiger partial charge on any atom is -0.368 e. The molecule has 0 N–H and O–H groups in total. The molecule has 1 aliphatic heterocycles. The van der Waals surface area contributed by atoms with Gasteiger partial charge in [0.15, 0.2) is 5.78 Å². The standard InChI is InChI=1S/C19H18N4O3/c1-14(24)18-6-5-15(13-20)11-19(18)22-9-7-21(8-10-22)16-3-2-4-17(12-16)23(25)26/h2-6,11-12H,7-10H2,1H3. The monoisotopic (exact) mass is 350 g/mol. The van der Waals surface area contributed by atoms with Crippen LogP contribution in [0.3, 0.4) is 0 Å². The zero-order valence-corrected chi connectivity index (χ0v) is 14.4. The van der Waals surface area contributed by atoms with Crippen LogP contribution in [0.4, 0.5) is 17.1 Å². The van der Waals surface area contributed by atoms with Gasteiger partial charge in [0.1, 0.15) is 0 Å². The molecule has 2 aromatic rings. The number of nitrogens with zero attached hydrogens (tertiary/aromatic N) is 4. The summed E-state index contributed by atoms with van der Waals surface area (Å²) >= 11 is 0. The maximum Gasteiger partial charge on any atom is 0.271 e. The Hall–Kier alpha value is -3.40. The van der Waals surface area contributed by atoms with Crippen molar-refractivity contribution >= 4 is 22.8 Å². The van der Waals surface area contributed by atoms with E-state index in [0.29, 0.717) is 37.3 Å². The first kappa shape index (κ1) is 17.4. The number of nitriles is 1. The van der Waals surface area contributed by atoms with Crippen LogP contribution in [0.1, 0.15) is 22.8 Å². The normalized spacial score (nSPS) is 14.0. The number of non-ortho nitro benzene ring substituents is 1. The molecular weight excluding hydrogens is 332 g/mol. The van der Waals surface area contributed by atoms with Crippen molar-refractivity contribution in [3.05, 3.63) is 63.7 Å². The highest BCUT2D eigenvalue weighted by Crippen LogP contribution is 2.27. The van der Waals surface area contributed by atoms with Gasteiger partial charge in [-0.3, -0.25) is 14.9 Å². The fourth-order valence-corrected chi connectivity index (χ4v) is 3.17. The van der Waals surface area contributed by atoms with Crippen molar-refractivity contribution in [2.24, 2.45) is 0 Å². The summed E-state index contributed by atoms with van der Waals surface area (Å²) in [7, 11) is 0. The van der Waals surface area contributed by atoms with Crippen molar-refractivity contribution in [2.45, 2.75) is 6.92 Å². The molecule has 0 unspecified atom stereocenters. The number of piperazine rings is 1. The van der Waals surface area contributed by atoms with Gasteiger partial charge in [-0.25, -0.2) is 0 Å². The van der Waals surface area contributed by atoms with Gasteiger partial charge in [0.05, 0.1) is 16.6 Å². The smallest absolute Gasteiger partial charge is 0.271 e. The largest absolute Gasteiger partial charge is 0.368 e. The number of nitro benzene ring substituents is 1. The number of anilines is 2. The minimum absolute atomic E-state index is 0.0365. The van der Waals surface area contributed by atoms with Gasteiger partial charge in [0.25, 0.3) is 5.69 Å². The summed E-state index contributed by atoms with van der Waals surface area (Å²) in [5.41, 5.74) is 2.79. The van der Waals surface area contributed by atoms with Crippen LogP contribution in [-0.4, -0.2) is 36.9 Å². The number of ketones is 1. The lowest BCUT2D eigenvalue weighted by atomic mass is 10.0. The fourth-order valence-electron chi connectivity index (χ4n) is 3.17. The molecule has 3 rings (SSSR count). The SMILES string of the molecule is CC(=O)c1ccc(C#N)cc1N1CCN(c2cccc([N+](=O)[O-])c2)CC1. The highest BCUT2D eigenvalue weighted by molar-refractivity contribution is 6.00. The van der Waals surface area contributed by atoms with E-state index in [2.05, 4.69) is 15.9 Å². The van der Waals surface area contributed by atoms with Gasteiger partial charge >= 0.3 is 0 Å². The van der Waals surface area contributed by atoms with E-state index in [0.717, 1.165) is 11.4 Å². The molecule has 0 saturated carbocycles. The molecule has 7 heteroatoms. The van der Waals surface area contributed by atoms with E-state index in [1.54, 1.807) is 30.3 Å². The molecule has 1 heterocycles. The molecule has 0 amide bonds. The summed E-state index contributed by atoms with van der Waals surface area (Å²) < 4.78 is 0. The quantitative estimate of drug-likeness (QED) is 0.478. The lowest BCUT2D eigenvalue weighted by molar-refractivity contribution is -0.384. The zero-order valence-electron chi connectivity index (χ0n) is 14.4. The Morgan fingerprint density at radius 1 is 1.12 bits per heavy atom. The zero-order chi connectivity index (χ0) is 18.7. The average Bonchev–Trinajstić information content (AvgIpc) is 2.67. The molecular formula is C19H18N4O3. The predicted molar refractivity (Wildman–Crippen MR) is 98.7 cm³/mol. The molecule has 0 atom stereocenters. The highest BCUT2D eigenvalue weighted by Gasteiger charge is 2.22. The van der Waals surface area contributed by atoms with Gasteiger partial charge < -0.3 is 9.80 Å². The van der Waals surface area contributed by atoms with Gasteiger partial charge in [-0.1, -0.05) is 6.07 Å². The topological polar surface area (TPSA) is 90.5 Å². The van der Waals surface area contributed by atoms with Crippen LogP contribution in [0.5, 0.6) is 0 Å². The minimum atomic E-state index is -0.397. The lowest BCUT2D eigenvalue weighted by Crippen LogP contribution is -2.47. The van der Waals surface area contributed by atoms with Gasteiger partial charge in [-0.15, -0.1) is 0 Å². The Balaban J connectivity index is 1.79. The first-order chi connectivity index (χ1) is 12.5. The van der Waals surface area contributed by atoms with Crippen LogP contribution < -0.4 is 9.80 Å². The molecule has 1 aliphatic rings. The number of hydrogen-bond donors (Lipinski definition) is 0. The molecule has 1 fully saturated rings. The summed E-state index contributed by atoms with van der Waals surface area (Å²) in [5.74, 6) is -0.0365. The number of hydrogen-bond acceptors (Lipinski definition) is 6. The van der Waals surface area contributed by atoms with Crippen molar-refractivity contribution in [3.63, 3.8) is 0 Å².